The van der Waals surface area contributed by atoms with Crippen LogP contribution in [0.3, 0.4) is 0 Å². The van der Waals surface area contributed by atoms with E-state index in [1.54, 1.807) is 22.3 Å². The molecule has 1 N–H and O–H groups in total. The number of thiophene rings is 8. The minimum atomic E-state index is 0.917. The van der Waals surface area contributed by atoms with Crippen LogP contribution in [0.1, 0.15) is 317 Å². The van der Waals surface area contributed by atoms with Gasteiger partial charge in [0.2, 0.25) is 0 Å². The summed E-state index contributed by atoms with van der Waals surface area (Å²) in [7, 11) is 0. The molecular formula is C82H119NS8. The summed E-state index contributed by atoms with van der Waals surface area (Å²) in [6, 6.07) is 29.4. The largest absolute Gasteiger partial charge is 0.307 e. The quantitative estimate of drug-likeness (QED) is 0.0375. The van der Waals surface area contributed by atoms with Gasteiger partial charge in [-0.3, -0.25) is 0 Å². The summed E-state index contributed by atoms with van der Waals surface area (Å²) in [5.74, 6) is 0. The molecule has 0 aliphatic rings. The zero-order valence-electron chi connectivity index (χ0n) is 57.4. The second kappa shape index (κ2) is 45.1. The molecule has 0 unspecified atom stereocenters. The second-order valence-corrected chi connectivity index (χ2v) is 35.1. The number of hydrogen-bond donors (Lipinski definition) is 1. The summed E-state index contributed by atoms with van der Waals surface area (Å²) in [4.78, 5) is 20.4. The van der Waals surface area contributed by atoms with Crippen molar-refractivity contribution in [2.75, 3.05) is 0 Å². The molecule has 8 aromatic heterocycles. The number of rotatable bonds is 54. The topological polar surface area (TPSA) is 12.0 Å². The van der Waals surface area contributed by atoms with Crippen LogP contribution >= 0.6 is 90.7 Å². The van der Waals surface area contributed by atoms with Crippen LogP contribution in [-0.4, -0.2) is 0 Å². The van der Waals surface area contributed by atoms with E-state index in [0.29, 0.717) is 0 Å². The smallest absolute Gasteiger partial charge is 0.0478 e. The van der Waals surface area contributed by atoms with E-state index in [-0.39, 0.29) is 0 Å². The highest BCUT2D eigenvalue weighted by atomic mass is 32.1. The Kier molecular flexibility index (Phi) is 36.9. The Morgan fingerprint density at radius 2 is 0.462 bits per heavy atom. The SMILES string of the molecule is CCCCCCCCCCCCc1ccsc1-c1ccc(-c2ccc(-c3sc(CNCc4cc(CCCCCCCCCCCC)c(-c5ccc(-c6ccc(-c7sccc7CCCCCCCCCCCC)s6)s5)s4)cc3CCCCCCCCCCCC)s2)s1. The molecule has 8 rings (SSSR count). The van der Waals surface area contributed by atoms with Crippen LogP contribution < -0.4 is 5.32 Å². The van der Waals surface area contributed by atoms with Gasteiger partial charge in [-0.15, -0.1) is 90.7 Å². The van der Waals surface area contributed by atoms with Crippen molar-refractivity contribution >= 4 is 90.7 Å². The highest BCUT2D eigenvalue weighted by molar-refractivity contribution is 7.29. The molecule has 1 nitrogen and oxygen atoms in total. The fraction of sp³-hybridized carbons (Fsp3) is 0.610. The molecule has 8 aromatic rings. The molecule has 9 heteroatoms. The molecule has 0 spiro atoms. The first-order valence-electron chi connectivity index (χ1n) is 37.5. The number of hydrogen-bond acceptors (Lipinski definition) is 9. The first-order chi connectivity index (χ1) is 45.0. The van der Waals surface area contributed by atoms with Gasteiger partial charge in [0.15, 0.2) is 0 Å². The Morgan fingerprint density at radius 1 is 0.231 bits per heavy atom. The minimum Gasteiger partial charge on any atom is -0.307 e. The van der Waals surface area contributed by atoms with Gasteiger partial charge in [0.1, 0.15) is 0 Å². The van der Waals surface area contributed by atoms with Crippen molar-refractivity contribution in [1.82, 2.24) is 5.32 Å². The predicted molar refractivity (Wildman–Crippen MR) is 421 cm³/mol. The highest BCUT2D eigenvalue weighted by Gasteiger charge is 2.20. The third-order valence-electron chi connectivity index (χ3n) is 18.8. The van der Waals surface area contributed by atoms with Gasteiger partial charge < -0.3 is 5.32 Å². The lowest BCUT2D eigenvalue weighted by Gasteiger charge is -2.04. The second-order valence-electron chi connectivity index (χ2n) is 26.7. The third kappa shape index (κ3) is 26.5. The lowest BCUT2D eigenvalue weighted by atomic mass is 10.0. The van der Waals surface area contributed by atoms with Crippen molar-refractivity contribution < 1.29 is 0 Å². The maximum Gasteiger partial charge on any atom is 0.0478 e. The van der Waals surface area contributed by atoms with Gasteiger partial charge in [0, 0.05) is 81.4 Å². The Labute approximate surface area is 588 Å². The average molecular weight is 1380 g/mol. The average Bonchev–Trinajstić information content (AvgIpc) is 1.84. The Balaban J connectivity index is 0.899. The zero-order chi connectivity index (χ0) is 63.2. The summed E-state index contributed by atoms with van der Waals surface area (Å²) in [6.45, 7) is 11.1. The summed E-state index contributed by atoms with van der Waals surface area (Å²) in [6.07, 6.45) is 60.2. The van der Waals surface area contributed by atoms with Crippen molar-refractivity contribution in [3.05, 3.63) is 116 Å². The standard InChI is InChI=1S/C82H119NS8/c1-5-9-13-17-21-25-29-33-37-41-45-65-57-59-84-79(65)75-53-49-71(88-75)73-51-55-77(90-73)81-67(47-43-39-35-31-27-23-19-15-11-7-3)61-69(86-81)63-83-64-70-62-68(48-44-40-36-32-28-24-20-16-12-8-4)82(87-70)78-56-52-74(91-78)72-50-54-76(89-72)80-66(58-60-85-80)46-42-38-34-30-26-22-18-14-10-6-2/h49-62,83H,5-48,63-64H2,1-4H3. The van der Waals surface area contributed by atoms with E-state index < -0.39 is 0 Å². The van der Waals surface area contributed by atoms with Gasteiger partial charge in [-0.25, -0.2) is 0 Å². The fourth-order valence-corrected chi connectivity index (χ4v) is 22.4. The number of aryl methyl sites for hydroxylation is 4. The molecule has 0 radical (unpaired) electrons. The Bertz CT molecular complexity index is 2890. The van der Waals surface area contributed by atoms with Gasteiger partial charge in [-0.2, -0.15) is 0 Å². The molecule has 0 saturated carbocycles. The zero-order valence-corrected chi connectivity index (χ0v) is 63.9. The van der Waals surface area contributed by atoms with E-state index in [9.17, 15) is 0 Å². The normalized spacial score (nSPS) is 11.8. The van der Waals surface area contributed by atoms with Crippen LogP contribution in [0.15, 0.2) is 83.6 Å². The Morgan fingerprint density at radius 3 is 0.736 bits per heavy atom. The van der Waals surface area contributed by atoms with Crippen molar-refractivity contribution in [3.63, 3.8) is 0 Å². The number of nitrogens with one attached hydrogen (secondary N) is 1. The summed E-state index contributed by atoms with van der Waals surface area (Å²) >= 11 is 16.1. The lowest BCUT2D eigenvalue weighted by molar-refractivity contribution is 0.556. The van der Waals surface area contributed by atoms with Gasteiger partial charge in [0.25, 0.3) is 0 Å². The highest BCUT2D eigenvalue weighted by Crippen LogP contribution is 2.47. The fourth-order valence-electron chi connectivity index (χ4n) is 13.3. The number of unbranched alkanes of at least 4 members (excludes halogenated alkanes) is 36. The molecule has 0 fully saturated rings. The van der Waals surface area contributed by atoms with Crippen molar-refractivity contribution in [2.45, 2.75) is 323 Å². The molecule has 0 saturated heterocycles. The molecule has 0 bridgehead atoms. The maximum atomic E-state index is 4.02. The molecule has 8 heterocycles. The first-order valence-corrected chi connectivity index (χ1v) is 44.2. The van der Waals surface area contributed by atoms with E-state index in [1.807, 2.05) is 68.0 Å². The van der Waals surface area contributed by atoms with Crippen LogP contribution in [0.2, 0.25) is 0 Å². The van der Waals surface area contributed by atoms with Gasteiger partial charge in [-0.05, 0) is 157 Å². The van der Waals surface area contributed by atoms with E-state index in [2.05, 4.69) is 139 Å². The van der Waals surface area contributed by atoms with Crippen LogP contribution in [-0.2, 0) is 38.8 Å². The molecule has 0 aromatic carbocycles. The van der Waals surface area contributed by atoms with Gasteiger partial charge in [-0.1, -0.05) is 259 Å². The molecule has 0 amide bonds. The summed E-state index contributed by atoms with van der Waals surface area (Å²) < 4.78 is 0. The van der Waals surface area contributed by atoms with Crippen LogP contribution in [0, 0.1) is 0 Å². The van der Waals surface area contributed by atoms with Crippen LogP contribution in [0.5, 0.6) is 0 Å². The molecule has 500 valence electrons. The van der Waals surface area contributed by atoms with E-state index >= 15 is 0 Å². The molecule has 0 aliphatic carbocycles. The molecular weight excluding hydrogens is 1260 g/mol. The lowest BCUT2D eigenvalue weighted by Crippen LogP contribution is -2.10. The van der Waals surface area contributed by atoms with Gasteiger partial charge in [0.05, 0.1) is 0 Å². The van der Waals surface area contributed by atoms with E-state index in [1.165, 1.54) is 351 Å². The summed E-state index contributed by atoms with van der Waals surface area (Å²) in [5.41, 5.74) is 6.26. The summed E-state index contributed by atoms with van der Waals surface area (Å²) in [5, 5.41) is 8.68. The molecule has 0 atom stereocenters. The molecule has 0 aliphatic heterocycles. The third-order valence-corrected chi connectivity index (χ3v) is 28.5. The van der Waals surface area contributed by atoms with E-state index in [0.717, 1.165) is 13.1 Å². The van der Waals surface area contributed by atoms with E-state index in [4.69, 9.17) is 0 Å². The minimum absolute atomic E-state index is 0.917. The van der Waals surface area contributed by atoms with Crippen molar-refractivity contribution in [2.24, 2.45) is 0 Å². The molecule has 91 heavy (non-hydrogen) atoms. The maximum absolute atomic E-state index is 4.02. The predicted octanol–water partition coefficient (Wildman–Crippen LogP) is 31.3. The van der Waals surface area contributed by atoms with Crippen molar-refractivity contribution in [3.8, 4) is 58.5 Å². The van der Waals surface area contributed by atoms with Crippen molar-refractivity contribution in [1.29, 1.82) is 0 Å². The monoisotopic (exact) mass is 1370 g/mol. The first kappa shape index (κ1) is 74.4. The van der Waals surface area contributed by atoms with Gasteiger partial charge >= 0.3 is 0 Å². The van der Waals surface area contributed by atoms with Crippen LogP contribution in [0.4, 0.5) is 0 Å². The Hall–Kier alpha value is -2.44. The van der Waals surface area contributed by atoms with Crippen LogP contribution in [0.25, 0.3) is 58.5 Å².